The van der Waals surface area contributed by atoms with Crippen molar-refractivity contribution in [2.45, 2.75) is 27.3 Å². The molecule has 0 saturated carbocycles. The maximum absolute atomic E-state index is 13.3. The highest BCUT2D eigenvalue weighted by Crippen LogP contribution is 2.20. The Kier molecular flexibility index (Phi) is 6.78. The molecule has 7 nitrogen and oxygen atoms in total. The third kappa shape index (κ3) is 4.92. The number of nitrogens with one attached hydrogen (secondary N) is 1. The molecule has 0 aliphatic rings. The Labute approximate surface area is 194 Å². The van der Waals surface area contributed by atoms with Gasteiger partial charge in [-0.15, -0.1) is 5.10 Å². The van der Waals surface area contributed by atoms with Crippen molar-refractivity contribution in [1.29, 1.82) is 0 Å². The van der Waals surface area contributed by atoms with Gasteiger partial charge in [-0.3, -0.25) is 9.78 Å². The Morgan fingerprint density at radius 2 is 1.76 bits per heavy atom. The van der Waals surface area contributed by atoms with E-state index < -0.39 is 0 Å². The summed E-state index contributed by atoms with van der Waals surface area (Å²) in [5.74, 6) is 0.620. The van der Waals surface area contributed by atoms with Crippen LogP contribution in [0.5, 0.6) is 0 Å². The number of nitrogens with zero attached hydrogens (tertiary/aromatic N) is 5. The van der Waals surface area contributed by atoms with Crippen LogP contribution in [0.2, 0.25) is 0 Å². The number of hydrogen-bond acceptors (Lipinski definition) is 6. The average Bonchev–Trinajstić information content (AvgIpc) is 3.29. The van der Waals surface area contributed by atoms with Crippen molar-refractivity contribution in [3.05, 3.63) is 89.7 Å². The van der Waals surface area contributed by atoms with Gasteiger partial charge in [0.2, 0.25) is 5.95 Å². The van der Waals surface area contributed by atoms with Crippen molar-refractivity contribution in [1.82, 2.24) is 19.7 Å². The monoisotopic (exact) mass is 440 g/mol. The fourth-order valence-electron chi connectivity index (χ4n) is 3.71. The molecule has 4 rings (SSSR count). The minimum absolute atomic E-state index is 0.227. The van der Waals surface area contributed by atoms with E-state index in [2.05, 4.69) is 63.4 Å². The predicted octanol–water partition coefficient (Wildman–Crippen LogP) is 4.80. The fraction of sp³-hybridized carbons (Fsp3) is 0.231. The standard InChI is InChI=1S/C26H28N6O/c1-4-31(5-2)22-14-12-20(13-15-22)17-28-26-29-24(21-10-8-16-27-18-21)30-32(26)25(33)23-11-7-6-9-19(23)3/h6-16,18H,4-5,17H2,1-3H3,(H,28,29,30). The van der Waals surface area contributed by atoms with E-state index in [1.54, 1.807) is 18.5 Å². The Hall–Kier alpha value is -4.00. The fourth-order valence-corrected chi connectivity index (χ4v) is 3.71. The van der Waals surface area contributed by atoms with E-state index in [-0.39, 0.29) is 5.91 Å². The van der Waals surface area contributed by atoms with Crippen LogP contribution in [-0.2, 0) is 6.54 Å². The minimum atomic E-state index is -0.227. The van der Waals surface area contributed by atoms with Gasteiger partial charge in [0.15, 0.2) is 5.82 Å². The van der Waals surface area contributed by atoms with Gasteiger partial charge >= 0.3 is 0 Å². The van der Waals surface area contributed by atoms with Crippen molar-refractivity contribution in [2.75, 3.05) is 23.3 Å². The van der Waals surface area contributed by atoms with Gasteiger partial charge in [0.25, 0.3) is 5.91 Å². The van der Waals surface area contributed by atoms with E-state index in [4.69, 9.17) is 0 Å². The van der Waals surface area contributed by atoms with Crippen LogP contribution in [0, 0.1) is 6.92 Å². The van der Waals surface area contributed by atoms with E-state index >= 15 is 0 Å². The van der Waals surface area contributed by atoms with Crippen LogP contribution < -0.4 is 10.2 Å². The topological polar surface area (TPSA) is 75.9 Å². The Morgan fingerprint density at radius 3 is 2.42 bits per heavy atom. The van der Waals surface area contributed by atoms with Gasteiger partial charge in [0, 0.05) is 48.8 Å². The van der Waals surface area contributed by atoms with Gasteiger partial charge in [-0.1, -0.05) is 30.3 Å². The molecule has 0 aliphatic heterocycles. The number of carbonyl (C=O) groups excluding carboxylic acids is 1. The van der Waals surface area contributed by atoms with Gasteiger partial charge in [0.05, 0.1) is 0 Å². The van der Waals surface area contributed by atoms with Crippen molar-refractivity contribution < 1.29 is 4.79 Å². The Morgan fingerprint density at radius 1 is 1.00 bits per heavy atom. The molecule has 0 amide bonds. The summed E-state index contributed by atoms with van der Waals surface area (Å²) in [6.45, 7) is 8.67. The molecule has 4 aromatic rings. The molecule has 2 aromatic heterocycles. The first kappa shape index (κ1) is 22.2. The van der Waals surface area contributed by atoms with E-state index in [1.165, 1.54) is 10.4 Å². The first-order valence-electron chi connectivity index (χ1n) is 11.2. The zero-order valence-corrected chi connectivity index (χ0v) is 19.2. The maximum atomic E-state index is 13.3. The number of benzene rings is 2. The second-order valence-electron chi connectivity index (χ2n) is 7.72. The maximum Gasteiger partial charge on any atom is 0.281 e. The SMILES string of the molecule is CCN(CC)c1ccc(CNc2nc(-c3cccnc3)nn2C(=O)c2ccccc2C)cc1. The molecular weight excluding hydrogens is 412 g/mol. The number of aromatic nitrogens is 4. The summed E-state index contributed by atoms with van der Waals surface area (Å²) >= 11 is 0. The highest BCUT2D eigenvalue weighted by molar-refractivity contribution is 5.98. The molecule has 2 heterocycles. The van der Waals surface area contributed by atoms with Crippen molar-refractivity contribution in [3.8, 4) is 11.4 Å². The van der Waals surface area contributed by atoms with E-state index in [0.717, 1.165) is 29.8 Å². The van der Waals surface area contributed by atoms with Gasteiger partial charge in [-0.2, -0.15) is 9.67 Å². The highest BCUT2D eigenvalue weighted by atomic mass is 16.2. The van der Waals surface area contributed by atoms with Crippen LogP contribution in [0.1, 0.15) is 35.3 Å². The zero-order chi connectivity index (χ0) is 23.2. The Balaban J connectivity index is 1.62. The number of rotatable bonds is 8. The van der Waals surface area contributed by atoms with Crippen molar-refractivity contribution in [3.63, 3.8) is 0 Å². The van der Waals surface area contributed by atoms with E-state index in [1.807, 2.05) is 37.3 Å². The van der Waals surface area contributed by atoms with Crippen LogP contribution >= 0.6 is 0 Å². The van der Waals surface area contributed by atoms with Gasteiger partial charge in [-0.05, 0) is 62.2 Å². The number of carbonyl (C=O) groups is 1. The molecule has 33 heavy (non-hydrogen) atoms. The Bertz CT molecular complexity index is 1210. The molecule has 0 radical (unpaired) electrons. The normalized spacial score (nSPS) is 10.8. The third-order valence-corrected chi connectivity index (χ3v) is 5.61. The quantitative estimate of drug-likeness (QED) is 0.424. The van der Waals surface area contributed by atoms with Crippen LogP contribution in [0.4, 0.5) is 11.6 Å². The second-order valence-corrected chi connectivity index (χ2v) is 7.72. The summed E-state index contributed by atoms with van der Waals surface area (Å²) in [5, 5.41) is 7.82. The van der Waals surface area contributed by atoms with Crippen LogP contribution in [0.25, 0.3) is 11.4 Å². The van der Waals surface area contributed by atoms with E-state index in [9.17, 15) is 4.79 Å². The lowest BCUT2D eigenvalue weighted by molar-refractivity contribution is 0.0947. The molecule has 7 heteroatoms. The van der Waals surface area contributed by atoms with E-state index in [0.29, 0.717) is 23.9 Å². The van der Waals surface area contributed by atoms with Crippen LogP contribution in [0.15, 0.2) is 73.1 Å². The molecule has 1 N–H and O–H groups in total. The van der Waals surface area contributed by atoms with Gasteiger partial charge in [0.1, 0.15) is 0 Å². The first-order valence-corrected chi connectivity index (χ1v) is 11.2. The van der Waals surface area contributed by atoms with Crippen LogP contribution in [0.3, 0.4) is 0 Å². The van der Waals surface area contributed by atoms with Crippen molar-refractivity contribution >= 4 is 17.5 Å². The molecule has 0 saturated heterocycles. The number of anilines is 2. The number of hydrogen-bond donors (Lipinski definition) is 1. The zero-order valence-electron chi connectivity index (χ0n) is 19.2. The highest BCUT2D eigenvalue weighted by Gasteiger charge is 2.20. The third-order valence-electron chi connectivity index (χ3n) is 5.61. The summed E-state index contributed by atoms with van der Waals surface area (Å²) in [4.78, 5) is 24.4. The molecule has 0 atom stereocenters. The molecule has 0 unspecified atom stereocenters. The smallest absolute Gasteiger partial charge is 0.281 e. The summed E-state index contributed by atoms with van der Waals surface area (Å²) in [7, 11) is 0. The van der Waals surface area contributed by atoms with Gasteiger partial charge < -0.3 is 10.2 Å². The number of aryl methyl sites for hydroxylation is 1. The number of pyridine rings is 1. The molecule has 0 fully saturated rings. The molecule has 0 aliphatic carbocycles. The molecule has 0 spiro atoms. The summed E-state index contributed by atoms with van der Waals surface area (Å²) < 4.78 is 1.34. The predicted molar refractivity (Wildman–Crippen MR) is 131 cm³/mol. The summed E-state index contributed by atoms with van der Waals surface area (Å²) in [6.07, 6.45) is 3.38. The van der Waals surface area contributed by atoms with Crippen molar-refractivity contribution in [2.24, 2.45) is 0 Å². The minimum Gasteiger partial charge on any atom is -0.372 e. The average molecular weight is 441 g/mol. The lowest BCUT2D eigenvalue weighted by Crippen LogP contribution is -2.21. The van der Waals surface area contributed by atoms with Crippen LogP contribution in [-0.4, -0.2) is 38.7 Å². The lowest BCUT2D eigenvalue weighted by atomic mass is 10.1. The second kappa shape index (κ2) is 10.1. The largest absolute Gasteiger partial charge is 0.372 e. The summed E-state index contributed by atoms with van der Waals surface area (Å²) in [6, 6.07) is 19.6. The first-order chi connectivity index (χ1) is 16.1. The van der Waals surface area contributed by atoms with Gasteiger partial charge in [-0.25, -0.2) is 0 Å². The molecule has 168 valence electrons. The lowest BCUT2D eigenvalue weighted by Gasteiger charge is -2.21. The molecular formula is C26H28N6O. The molecule has 2 aromatic carbocycles. The summed E-state index contributed by atoms with van der Waals surface area (Å²) in [5.41, 5.74) is 4.51. The molecule has 0 bridgehead atoms.